The first-order valence-electron chi connectivity index (χ1n) is 12.5. The van der Waals surface area contributed by atoms with E-state index in [4.69, 9.17) is 15.1 Å². The average molecular weight is 526 g/mol. The zero-order chi connectivity index (χ0) is 27.1. The van der Waals surface area contributed by atoms with Crippen LogP contribution in [0.3, 0.4) is 0 Å². The van der Waals surface area contributed by atoms with Gasteiger partial charge in [0, 0.05) is 17.8 Å². The molecule has 0 unspecified atom stereocenters. The Labute approximate surface area is 218 Å². The summed E-state index contributed by atoms with van der Waals surface area (Å²) in [6.45, 7) is 9.52. The van der Waals surface area contributed by atoms with Gasteiger partial charge in [0.1, 0.15) is 11.6 Å². The highest BCUT2D eigenvalue weighted by Gasteiger charge is 2.34. The zero-order valence-electron chi connectivity index (χ0n) is 21.9. The highest BCUT2D eigenvalue weighted by Crippen LogP contribution is 2.47. The molecule has 1 aromatic carbocycles. The summed E-state index contributed by atoms with van der Waals surface area (Å²) in [5.41, 5.74) is 9.46. The Hall–Kier alpha value is -3.33. The molecule has 0 aliphatic heterocycles. The minimum atomic E-state index is -3.65. The van der Waals surface area contributed by atoms with Crippen LogP contribution in [0, 0.1) is 12.3 Å². The summed E-state index contributed by atoms with van der Waals surface area (Å²) in [7, 11) is -3.65. The number of aliphatic carboxylic acids is 1. The molecule has 37 heavy (non-hydrogen) atoms. The number of nitrogens with two attached hydrogens (primary N) is 1. The Morgan fingerprint density at radius 2 is 1.89 bits per heavy atom. The normalized spacial score (nSPS) is 14.2. The first-order valence-corrected chi connectivity index (χ1v) is 14.3. The molecule has 3 aromatic rings. The van der Waals surface area contributed by atoms with Crippen molar-refractivity contribution in [1.29, 1.82) is 0 Å². The minimum absolute atomic E-state index is 0.203. The van der Waals surface area contributed by atoms with Crippen molar-refractivity contribution in [3.8, 4) is 11.3 Å². The third-order valence-corrected chi connectivity index (χ3v) is 8.13. The van der Waals surface area contributed by atoms with Crippen LogP contribution >= 0.6 is 0 Å². The summed E-state index contributed by atoms with van der Waals surface area (Å²) in [4.78, 5) is 16.2. The molecule has 0 radical (unpaired) electrons. The summed E-state index contributed by atoms with van der Waals surface area (Å²) in [5.74, 6) is 0.262. The Bertz CT molecular complexity index is 1450. The van der Waals surface area contributed by atoms with E-state index < -0.39 is 21.4 Å². The Kier molecular flexibility index (Phi) is 7.12. The number of benzene rings is 1. The van der Waals surface area contributed by atoms with Gasteiger partial charge < -0.3 is 15.3 Å². The number of carbonyl (C=O) groups is 1. The van der Waals surface area contributed by atoms with Crippen molar-refractivity contribution in [3.63, 3.8) is 0 Å². The molecule has 8 nitrogen and oxygen atoms in total. The Balaban J connectivity index is 1.77. The molecule has 0 amide bonds. The number of unbranched alkanes of at least 4 members (excludes halogenated alkanes) is 1. The van der Waals surface area contributed by atoms with E-state index in [2.05, 4.69) is 6.58 Å². The molecule has 3 N–H and O–H groups in total. The lowest BCUT2D eigenvalue weighted by Gasteiger charge is -2.25. The lowest BCUT2D eigenvalue weighted by molar-refractivity contribution is -0.147. The molecule has 0 atom stereocenters. The van der Waals surface area contributed by atoms with Gasteiger partial charge in [-0.1, -0.05) is 42.8 Å². The van der Waals surface area contributed by atoms with E-state index >= 15 is 0 Å². The van der Waals surface area contributed by atoms with Crippen LogP contribution in [0.25, 0.3) is 28.1 Å². The van der Waals surface area contributed by atoms with Crippen LogP contribution < -0.4 is 10.0 Å². The standard InChI is InChI=1S/C28H35N3O5S/c1-17-8-10-20(11-9-17)24-23(18(2)29)22-16-21(19-12-13-19)25(30-26(22)36-24)31(37(5,34)35)15-7-6-14-28(3,4)27(32)33/h8-11,16,19H,2,6-7,12-15,29H2,1,3-5H3,(H,32,33). The van der Waals surface area contributed by atoms with Crippen molar-refractivity contribution in [2.45, 2.75) is 58.8 Å². The molecule has 9 heteroatoms. The minimum Gasteiger partial charge on any atom is -0.481 e. The maximum atomic E-state index is 12.9. The number of hydrogen-bond donors (Lipinski definition) is 2. The molecule has 1 aliphatic carbocycles. The first kappa shape index (κ1) is 26.7. The van der Waals surface area contributed by atoms with E-state index in [-0.39, 0.29) is 12.5 Å². The van der Waals surface area contributed by atoms with Gasteiger partial charge in [0.15, 0.2) is 0 Å². The molecule has 198 valence electrons. The van der Waals surface area contributed by atoms with Crippen molar-refractivity contribution in [2.24, 2.45) is 11.1 Å². The second-order valence-electron chi connectivity index (χ2n) is 10.7. The molecular weight excluding hydrogens is 490 g/mol. The second-order valence-corrected chi connectivity index (χ2v) is 12.6. The fourth-order valence-electron chi connectivity index (χ4n) is 4.51. The number of sulfonamides is 1. The van der Waals surface area contributed by atoms with Gasteiger partial charge in [-0.15, -0.1) is 0 Å². The zero-order valence-corrected chi connectivity index (χ0v) is 22.7. The Morgan fingerprint density at radius 1 is 1.24 bits per heavy atom. The van der Waals surface area contributed by atoms with Gasteiger partial charge >= 0.3 is 5.97 Å². The summed E-state index contributed by atoms with van der Waals surface area (Å²) >= 11 is 0. The summed E-state index contributed by atoms with van der Waals surface area (Å²) in [6, 6.07) is 9.82. The van der Waals surface area contributed by atoms with Gasteiger partial charge in [-0.2, -0.15) is 4.98 Å². The van der Waals surface area contributed by atoms with Crippen LogP contribution in [-0.2, 0) is 14.8 Å². The maximum absolute atomic E-state index is 12.9. The summed E-state index contributed by atoms with van der Waals surface area (Å²) in [6.07, 6.45) is 4.59. The number of anilines is 1. The number of rotatable bonds is 11. The lowest BCUT2D eigenvalue weighted by Crippen LogP contribution is -2.33. The fraction of sp³-hybridized carbons (Fsp3) is 0.429. The predicted octanol–water partition coefficient (Wildman–Crippen LogP) is 5.66. The first-order chi connectivity index (χ1) is 17.3. The number of nitrogens with zero attached hydrogens (tertiary/aromatic N) is 2. The van der Waals surface area contributed by atoms with Crippen LogP contribution in [0.15, 0.2) is 41.3 Å². The lowest BCUT2D eigenvalue weighted by atomic mass is 9.87. The van der Waals surface area contributed by atoms with Gasteiger partial charge in [-0.3, -0.25) is 9.10 Å². The fourth-order valence-corrected chi connectivity index (χ4v) is 5.43. The van der Waals surface area contributed by atoms with Crippen LogP contribution in [0.1, 0.15) is 68.6 Å². The number of carboxylic acids is 1. The number of aryl methyl sites for hydroxylation is 1. The molecule has 2 aromatic heterocycles. The molecule has 0 bridgehead atoms. The molecule has 1 saturated carbocycles. The summed E-state index contributed by atoms with van der Waals surface area (Å²) in [5, 5.41) is 10.1. The predicted molar refractivity (Wildman–Crippen MR) is 147 cm³/mol. The van der Waals surface area contributed by atoms with Gasteiger partial charge in [-0.25, -0.2) is 8.42 Å². The highest BCUT2D eigenvalue weighted by atomic mass is 32.2. The molecular formula is C28H35N3O5S. The van der Waals surface area contributed by atoms with Crippen LogP contribution in [0.2, 0.25) is 0 Å². The van der Waals surface area contributed by atoms with Crippen molar-refractivity contribution >= 4 is 38.6 Å². The van der Waals surface area contributed by atoms with Gasteiger partial charge in [-0.05, 0) is 64.0 Å². The average Bonchev–Trinajstić information content (AvgIpc) is 3.57. The molecule has 0 saturated heterocycles. The van der Waals surface area contributed by atoms with Gasteiger partial charge in [0.25, 0.3) is 0 Å². The number of fused-ring (bicyclic) bond motifs is 1. The van der Waals surface area contributed by atoms with Crippen molar-refractivity contribution in [3.05, 3.63) is 53.6 Å². The monoisotopic (exact) mass is 525 g/mol. The number of pyridine rings is 1. The maximum Gasteiger partial charge on any atom is 0.309 e. The van der Waals surface area contributed by atoms with Crippen LogP contribution in [0.4, 0.5) is 5.82 Å². The number of furan rings is 1. The van der Waals surface area contributed by atoms with E-state index in [9.17, 15) is 18.3 Å². The highest BCUT2D eigenvalue weighted by molar-refractivity contribution is 7.92. The SMILES string of the molecule is C=C(N)c1c(-c2ccc(C)cc2)oc2nc(N(CCCCC(C)(C)C(=O)O)S(C)(=O)=O)c(C3CC3)cc12. The molecule has 2 heterocycles. The van der Waals surface area contributed by atoms with Gasteiger partial charge in [0.2, 0.25) is 15.7 Å². The molecule has 0 spiro atoms. The largest absolute Gasteiger partial charge is 0.481 e. The number of aromatic nitrogens is 1. The van der Waals surface area contributed by atoms with E-state index in [1.165, 1.54) is 10.6 Å². The van der Waals surface area contributed by atoms with Crippen LogP contribution in [-0.4, -0.2) is 37.3 Å². The quantitative estimate of drug-likeness (QED) is 0.309. The molecule has 1 fully saturated rings. The van der Waals surface area contributed by atoms with Crippen molar-refractivity contribution in [1.82, 2.24) is 4.98 Å². The third kappa shape index (κ3) is 5.66. The topological polar surface area (TPSA) is 127 Å². The molecule has 1 aliphatic rings. The van der Waals surface area contributed by atoms with Crippen LogP contribution in [0.5, 0.6) is 0 Å². The van der Waals surface area contributed by atoms with E-state index in [0.29, 0.717) is 53.2 Å². The van der Waals surface area contributed by atoms with Crippen molar-refractivity contribution < 1.29 is 22.7 Å². The van der Waals surface area contributed by atoms with Gasteiger partial charge in [0.05, 0.1) is 22.6 Å². The molecule has 4 rings (SSSR count). The van der Waals surface area contributed by atoms with Crippen molar-refractivity contribution in [2.75, 3.05) is 17.1 Å². The third-order valence-electron chi connectivity index (χ3n) is 6.97. The smallest absolute Gasteiger partial charge is 0.309 e. The Morgan fingerprint density at radius 3 is 2.43 bits per heavy atom. The number of carboxylic acid groups (broad SMARTS) is 1. The van der Waals surface area contributed by atoms with E-state index in [1.54, 1.807) is 13.8 Å². The number of hydrogen-bond acceptors (Lipinski definition) is 6. The second kappa shape index (κ2) is 9.85. The van der Waals surface area contributed by atoms with E-state index in [0.717, 1.165) is 29.5 Å². The summed E-state index contributed by atoms with van der Waals surface area (Å²) < 4.78 is 33.4. The van der Waals surface area contributed by atoms with E-state index in [1.807, 2.05) is 37.3 Å².